The van der Waals surface area contributed by atoms with Gasteiger partial charge in [-0.2, -0.15) is 13.2 Å². The van der Waals surface area contributed by atoms with Gasteiger partial charge in [0.2, 0.25) is 5.88 Å². The van der Waals surface area contributed by atoms with Crippen LogP contribution in [0.3, 0.4) is 0 Å². The molecule has 0 bridgehead atoms. The Hall–Kier alpha value is -4.27. The number of amides is 1. The van der Waals surface area contributed by atoms with Crippen LogP contribution < -0.4 is 9.47 Å². The molecule has 6 nitrogen and oxygen atoms in total. The molecule has 0 N–H and O–H groups in total. The molecule has 0 aliphatic carbocycles. The van der Waals surface area contributed by atoms with Crippen LogP contribution in [0.1, 0.15) is 34.6 Å². The van der Waals surface area contributed by atoms with Gasteiger partial charge in [-0.3, -0.25) is 4.79 Å². The molecule has 2 aromatic carbocycles. The van der Waals surface area contributed by atoms with E-state index in [1.807, 2.05) is 18.2 Å². The van der Waals surface area contributed by atoms with Gasteiger partial charge in [0.05, 0.1) is 11.4 Å². The molecule has 6 rings (SSSR count). The topological polar surface area (TPSA) is 56.6 Å². The summed E-state index contributed by atoms with van der Waals surface area (Å²) >= 11 is 0. The number of ether oxygens (including phenoxy) is 2. The number of hydrogen-bond donors (Lipinski definition) is 0. The Morgan fingerprint density at radius 2 is 1.65 bits per heavy atom. The molecule has 2 aromatic heterocycles. The lowest BCUT2D eigenvalue weighted by atomic mass is 9.86. The van der Waals surface area contributed by atoms with Crippen molar-refractivity contribution < 1.29 is 27.4 Å². The third-order valence-electron chi connectivity index (χ3n) is 6.87. The number of aromatic nitrogens is 2. The van der Waals surface area contributed by atoms with E-state index in [-0.39, 0.29) is 11.8 Å². The Balaban J connectivity index is 1.28. The average Bonchev–Trinajstić information content (AvgIpc) is 3.38. The number of piperidine rings is 1. The number of rotatable bonds is 3. The summed E-state index contributed by atoms with van der Waals surface area (Å²) in [7, 11) is 0. The van der Waals surface area contributed by atoms with Crippen LogP contribution >= 0.6 is 0 Å². The van der Waals surface area contributed by atoms with Crippen molar-refractivity contribution in [3.63, 3.8) is 0 Å². The van der Waals surface area contributed by atoms with Crippen molar-refractivity contribution in [1.29, 1.82) is 0 Å². The number of carbonyl (C=O) groups is 1. The predicted octanol–water partition coefficient (Wildman–Crippen LogP) is 6.21. The molecule has 4 aromatic rings. The van der Waals surface area contributed by atoms with Gasteiger partial charge in [-0.15, -0.1) is 0 Å². The van der Waals surface area contributed by atoms with Gasteiger partial charge in [0.15, 0.2) is 5.60 Å². The highest BCUT2D eigenvalue weighted by atomic mass is 19.4. The number of halogens is 3. The van der Waals surface area contributed by atoms with Crippen LogP contribution in [-0.2, 0) is 11.8 Å². The van der Waals surface area contributed by atoms with Crippen LogP contribution in [0.15, 0.2) is 85.1 Å². The number of hydrogen-bond acceptors (Lipinski definition) is 4. The fourth-order valence-corrected chi connectivity index (χ4v) is 5.10. The van der Waals surface area contributed by atoms with Crippen LogP contribution in [0.4, 0.5) is 13.2 Å². The molecule has 2 aliphatic rings. The maximum Gasteiger partial charge on any atom is 0.431 e. The molecule has 0 saturated carbocycles. The minimum atomic E-state index is -4.52. The number of benzene rings is 2. The molecular weight excluding hydrogens is 483 g/mol. The maximum absolute atomic E-state index is 13.9. The van der Waals surface area contributed by atoms with E-state index in [0.717, 1.165) is 6.07 Å². The first-order valence-electron chi connectivity index (χ1n) is 11.9. The summed E-state index contributed by atoms with van der Waals surface area (Å²) < 4.78 is 55.1. The van der Waals surface area contributed by atoms with Crippen molar-refractivity contribution in [2.24, 2.45) is 0 Å². The van der Waals surface area contributed by atoms with Crippen LogP contribution in [0.5, 0.6) is 17.4 Å². The van der Waals surface area contributed by atoms with Gasteiger partial charge in [-0.25, -0.2) is 4.98 Å². The van der Waals surface area contributed by atoms with Gasteiger partial charge in [0.1, 0.15) is 22.8 Å². The lowest BCUT2D eigenvalue weighted by Crippen LogP contribution is -2.50. The summed E-state index contributed by atoms with van der Waals surface area (Å²) in [5, 5.41) is 0. The van der Waals surface area contributed by atoms with Gasteiger partial charge in [-0.1, -0.05) is 30.3 Å². The normalized spacial score (nSPS) is 16.0. The molecule has 9 heteroatoms. The number of nitrogens with zero attached hydrogens (tertiary/aromatic N) is 3. The molecule has 1 saturated heterocycles. The monoisotopic (exact) mass is 505 g/mol. The highest BCUT2D eigenvalue weighted by Crippen LogP contribution is 2.48. The number of alkyl halides is 3. The van der Waals surface area contributed by atoms with E-state index in [1.54, 1.807) is 59.6 Å². The van der Waals surface area contributed by atoms with E-state index >= 15 is 0 Å². The minimum Gasteiger partial charge on any atom is -0.479 e. The van der Waals surface area contributed by atoms with Gasteiger partial charge in [0.25, 0.3) is 5.91 Å². The summed E-state index contributed by atoms with van der Waals surface area (Å²) in [5.41, 5.74) is -0.598. The number of fused-ring (bicyclic) bond motifs is 4. The van der Waals surface area contributed by atoms with E-state index in [9.17, 15) is 18.0 Å². The predicted molar refractivity (Wildman–Crippen MR) is 129 cm³/mol. The second-order valence-corrected chi connectivity index (χ2v) is 9.06. The molecule has 0 radical (unpaired) electrons. The van der Waals surface area contributed by atoms with Gasteiger partial charge in [0, 0.05) is 32.1 Å². The van der Waals surface area contributed by atoms with Gasteiger partial charge in [-0.05, 0) is 48.5 Å². The van der Waals surface area contributed by atoms with E-state index < -0.39 is 17.5 Å². The Morgan fingerprint density at radius 3 is 2.41 bits per heavy atom. The second-order valence-electron chi connectivity index (χ2n) is 9.06. The number of para-hydroxylation sites is 3. The zero-order valence-corrected chi connectivity index (χ0v) is 19.6. The summed E-state index contributed by atoms with van der Waals surface area (Å²) in [6.45, 7) is 0.598. The Labute approximate surface area is 210 Å². The van der Waals surface area contributed by atoms with Crippen LogP contribution in [0, 0.1) is 0 Å². The highest BCUT2D eigenvalue weighted by molar-refractivity contribution is 5.96. The van der Waals surface area contributed by atoms with E-state index in [1.165, 1.54) is 10.6 Å². The molecular formula is C28H22F3N3O3. The van der Waals surface area contributed by atoms with Crippen LogP contribution in [-0.4, -0.2) is 33.4 Å². The smallest absolute Gasteiger partial charge is 0.431 e. The first kappa shape index (κ1) is 23.1. The highest BCUT2D eigenvalue weighted by Gasteiger charge is 2.48. The average molecular weight is 505 g/mol. The van der Waals surface area contributed by atoms with E-state index in [4.69, 9.17) is 9.47 Å². The summed E-state index contributed by atoms with van der Waals surface area (Å²) in [4.78, 5) is 19.4. The summed E-state index contributed by atoms with van der Waals surface area (Å²) in [5.74, 6) is 0.896. The quantitative estimate of drug-likeness (QED) is 0.332. The Kier molecular flexibility index (Phi) is 5.43. The summed E-state index contributed by atoms with van der Waals surface area (Å²) in [6, 6.07) is 21.7. The third kappa shape index (κ3) is 4.00. The van der Waals surface area contributed by atoms with Crippen molar-refractivity contribution in [2.75, 3.05) is 13.1 Å². The Morgan fingerprint density at radius 1 is 0.919 bits per heavy atom. The molecule has 1 fully saturated rings. The van der Waals surface area contributed by atoms with Crippen molar-refractivity contribution in [2.45, 2.75) is 24.6 Å². The summed E-state index contributed by atoms with van der Waals surface area (Å²) in [6.07, 6.45) is -2.29. The van der Waals surface area contributed by atoms with Gasteiger partial charge < -0.3 is 18.9 Å². The molecule has 1 amide bonds. The standard InChI is InChI=1S/C28H22F3N3O3/c29-28(30,31)24-13-12-23-27(37-22-11-5-4-10-21(22)34(23)24)14-17-33(18-15-27)26(35)20-9-6-16-32-25(20)36-19-7-2-1-3-8-19/h1-13,16H,14-15,17-18H2. The number of pyridine rings is 1. The van der Waals surface area contributed by atoms with Crippen molar-refractivity contribution in [1.82, 2.24) is 14.5 Å². The molecule has 2 aliphatic heterocycles. The van der Waals surface area contributed by atoms with Crippen LogP contribution in [0.25, 0.3) is 5.69 Å². The van der Waals surface area contributed by atoms with Crippen molar-refractivity contribution in [3.8, 4) is 23.1 Å². The fraction of sp³-hybridized carbons (Fsp3) is 0.214. The first-order chi connectivity index (χ1) is 17.9. The molecule has 4 heterocycles. The van der Waals surface area contributed by atoms with Crippen LogP contribution in [0.2, 0.25) is 0 Å². The zero-order chi connectivity index (χ0) is 25.6. The lowest BCUT2D eigenvalue weighted by Gasteiger charge is -2.45. The molecule has 1 spiro atoms. The van der Waals surface area contributed by atoms with E-state index in [2.05, 4.69) is 4.98 Å². The Bertz CT molecular complexity index is 1460. The fourth-order valence-electron chi connectivity index (χ4n) is 5.10. The molecule has 0 unspecified atom stereocenters. The zero-order valence-electron chi connectivity index (χ0n) is 19.6. The largest absolute Gasteiger partial charge is 0.479 e. The maximum atomic E-state index is 13.9. The first-order valence-corrected chi connectivity index (χ1v) is 11.9. The molecule has 37 heavy (non-hydrogen) atoms. The number of carbonyl (C=O) groups excluding carboxylic acids is 1. The van der Waals surface area contributed by atoms with Crippen molar-refractivity contribution >= 4 is 5.91 Å². The van der Waals surface area contributed by atoms with Gasteiger partial charge >= 0.3 is 6.18 Å². The van der Waals surface area contributed by atoms with E-state index in [0.29, 0.717) is 54.4 Å². The number of likely N-dealkylation sites (tertiary alicyclic amines) is 1. The minimum absolute atomic E-state index is 0.200. The third-order valence-corrected chi connectivity index (χ3v) is 6.87. The molecule has 0 atom stereocenters. The SMILES string of the molecule is O=C(c1cccnc1Oc1ccccc1)N1CCC2(CC1)Oc1ccccc1-n1c(C(F)(F)F)ccc12. The second kappa shape index (κ2) is 8.69. The van der Waals surface area contributed by atoms with Crippen molar-refractivity contribution in [3.05, 3.63) is 102 Å². The lowest BCUT2D eigenvalue weighted by molar-refractivity contribution is -0.143. The molecule has 188 valence electrons.